The Morgan fingerprint density at radius 2 is 1.86 bits per heavy atom. The van der Waals surface area contributed by atoms with Crippen LogP contribution in [0.15, 0.2) is 30.3 Å². The third-order valence-electron chi connectivity index (χ3n) is 5.64. The molecule has 3 atom stereocenters. The fourth-order valence-electron chi connectivity index (χ4n) is 4.54. The largest absolute Gasteiger partial charge is 0.444 e. The van der Waals surface area contributed by atoms with E-state index in [1.54, 1.807) is 20.8 Å². The quantitative estimate of drug-likeness (QED) is 0.832. The van der Waals surface area contributed by atoms with Gasteiger partial charge in [-0.2, -0.15) is 0 Å². The second-order valence-corrected chi connectivity index (χ2v) is 9.84. The number of aliphatic hydroxyl groups excluding tert-OH is 1. The van der Waals surface area contributed by atoms with Crippen molar-refractivity contribution in [3.8, 4) is 0 Å². The molecule has 6 heteroatoms. The average molecular weight is 389 g/mol. The maximum atomic E-state index is 13.6. The molecule has 2 aliphatic rings. The highest BCUT2D eigenvalue weighted by molar-refractivity contribution is 5.91. The highest BCUT2D eigenvalue weighted by Crippen LogP contribution is 2.50. The fraction of sp³-hybridized carbons (Fsp3) is 0.636. The summed E-state index contributed by atoms with van der Waals surface area (Å²) in [7, 11) is 0. The fourth-order valence-corrected chi connectivity index (χ4v) is 4.54. The third-order valence-corrected chi connectivity index (χ3v) is 5.64. The van der Waals surface area contributed by atoms with E-state index < -0.39 is 23.3 Å². The van der Waals surface area contributed by atoms with Gasteiger partial charge in [0.25, 0.3) is 0 Å². The number of aliphatic hydroxyl groups is 1. The Hall–Kier alpha value is -2.08. The van der Waals surface area contributed by atoms with Gasteiger partial charge in [-0.15, -0.1) is 0 Å². The van der Waals surface area contributed by atoms with Crippen LogP contribution in [0.2, 0.25) is 0 Å². The summed E-state index contributed by atoms with van der Waals surface area (Å²) in [5.41, 5.74) is -0.748. The van der Waals surface area contributed by atoms with Gasteiger partial charge in [0.2, 0.25) is 5.91 Å². The highest BCUT2D eigenvalue weighted by atomic mass is 16.6. The molecule has 1 unspecified atom stereocenters. The maximum absolute atomic E-state index is 13.6. The van der Waals surface area contributed by atoms with Gasteiger partial charge in [-0.3, -0.25) is 4.79 Å². The van der Waals surface area contributed by atoms with Gasteiger partial charge in [0, 0.05) is 18.4 Å². The molecule has 2 N–H and O–H groups in total. The average Bonchev–Trinajstić information content (AvgIpc) is 2.93. The SMILES string of the molecule is CC(C)(C)OC(=O)N[C@]1(C(=O)N2CC(C)(C)C2c2ccccc2)CC[C@H](O)C1. The molecule has 1 saturated heterocycles. The van der Waals surface area contributed by atoms with Crippen LogP contribution in [0.1, 0.15) is 65.5 Å². The molecule has 1 aliphatic carbocycles. The van der Waals surface area contributed by atoms with Crippen molar-refractivity contribution in [1.82, 2.24) is 10.2 Å². The summed E-state index contributed by atoms with van der Waals surface area (Å²) >= 11 is 0. The molecular formula is C22H32N2O4. The standard InChI is InChI=1S/C22H32N2O4/c1-20(2,3)28-19(27)23-22(12-11-16(25)13-22)18(26)24-14-21(4,5)17(24)15-9-7-6-8-10-15/h6-10,16-17,25H,11-14H2,1-5H3,(H,23,27)/t16-,17?,22+/m0/s1. The van der Waals surface area contributed by atoms with Crippen molar-refractivity contribution >= 4 is 12.0 Å². The van der Waals surface area contributed by atoms with Crippen molar-refractivity contribution in [3.63, 3.8) is 0 Å². The first-order valence-corrected chi connectivity index (χ1v) is 9.99. The van der Waals surface area contributed by atoms with E-state index >= 15 is 0 Å². The van der Waals surface area contributed by atoms with Crippen LogP contribution in [0.4, 0.5) is 4.79 Å². The molecule has 3 rings (SSSR count). The van der Waals surface area contributed by atoms with Crippen molar-refractivity contribution in [1.29, 1.82) is 0 Å². The Morgan fingerprint density at radius 1 is 1.21 bits per heavy atom. The number of alkyl carbamates (subject to hydrolysis) is 1. The zero-order valence-electron chi connectivity index (χ0n) is 17.5. The summed E-state index contributed by atoms with van der Waals surface area (Å²) in [6.45, 7) is 10.3. The lowest BCUT2D eigenvalue weighted by Crippen LogP contribution is -2.66. The van der Waals surface area contributed by atoms with Crippen LogP contribution >= 0.6 is 0 Å². The Bertz CT molecular complexity index is 741. The molecule has 0 spiro atoms. The molecule has 1 heterocycles. The van der Waals surface area contributed by atoms with Crippen molar-refractivity contribution in [3.05, 3.63) is 35.9 Å². The summed E-state index contributed by atoms with van der Waals surface area (Å²) in [5.74, 6) is -0.136. The van der Waals surface area contributed by atoms with Crippen molar-refractivity contribution < 1.29 is 19.4 Å². The first-order valence-electron chi connectivity index (χ1n) is 9.99. The molecule has 0 radical (unpaired) electrons. The van der Waals surface area contributed by atoms with Gasteiger partial charge in [0.15, 0.2) is 0 Å². The van der Waals surface area contributed by atoms with Crippen LogP contribution in [0, 0.1) is 5.41 Å². The van der Waals surface area contributed by atoms with Gasteiger partial charge < -0.3 is 20.1 Å². The van der Waals surface area contributed by atoms with E-state index in [4.69, 9.17) is 4.74 Å². The predicted octanol–water partition coefficient (Wildman–Crippen LogP) is 3.40. The Morgan fingerprint density at radius 3 is 2.36 bits per heavy atom. The van der Waals surface area contributed by atoms with Crippen LogP contribution in [-0.2, 0) is 9.53 Å². The number of ether oxygens (including phenoxy) is 1. The lowest BCUT2D eigenvalue weighted by molar-refractivity contribution is -0.160. The van der Waals surface area contributed by atoms with Crippen LogP contribution in [0.3, 0.4) is 0 Å². The van der Waals surface area contributed by atoms with E-state index in [0.29, 0.717) is 19.4 Å². The van der Waals surface area contributed by atoms with Crippen molar-refractivity contribution in [2.75, 3.05) is 6.54 Å². The number of hydrogen-bond acceptors (Lipinski definition) is 4. The van der Waals surface area contributed by atoms with E-state index in [2.05, 4.69) is 19.2 Å². The van der Waals surface area contributed by atoms with E-state index in [1.165, 1.54) is 0 Å². The number of benzene rings is 1. The molecule has 0 bridgehead atoms. The second kappa shape index (κ2) is 7.07. The van der Waals surface area contributed by atoms with Crippen LogP contribution in [-0.4, -0.2) is 45.8 Å². The normalized spacial score (nSPS) is 29.1. The van der Waals surface area contributed by atoms with Gasteiger partial charge in [-0.25, -0.2) is 4.79 Å². The molecule has 154 valence electrons. The Labute approximate surface area is 167 Å². The van der Waals surface area contributed by atoms with Crippen LogP contribution in [0.5, 0.6) is 0 Å². The molecule has 2 amide bonds. The number of nitrogens with zero attached hydrogens (tertiary/aromatic N) is 1. The summed E-state index contributed by atoms with van der Waals surface area (Å²) < 4.78 is 5.39. The van der Waals surface area contributed by atoms with Crippen molar-refractivity contribution in [2.45, 2.75) is 77.2 Å². The number of carbonyl (C=O) groups excluding carboxylic acids is 2. The number of rotatable bonds is 3. The summed E-state index contributed by atoms with van der Waals surface area (Å²) in [6, 6.07) is 9.91. The lowest BCUT2D eigenvalue weighted by atomic mass is 9.70. The monoisotopic (exact) mass is 388 g/mol. The molecule has 6 nitrogen and oxygen atoms in total. The van der Waals surface area contributed by atoms with Crippen LogP contribution in [0.25, 0.3) is 0 Å². The molecule has 1 saturated carbocycles. The van der Waals surface area contributed by atoms with Gasteiger partial charge in [-0.1, -0.05) is 44.2 Å². The van der Waals surface area contributed by atoms with Crippen LogP contribution < -0.4 is 5.32 Å². The molecule has 1 aromatic carbocycles. The predicted molar refractivity (Wildman–Crippen MR) is 107 cm³/mol. The minimum atomic E-state index is -1.12. The Balaban J connectivity index is 1.85. The van der Waals surface area contributed by atoms with Gasteiger partial charge in [0.1, 0.15) is 11.1 Å². The van der Waals surface area contributed by atoms with E-state index in [0.717, 1.165) is 5.56 Å². The Kier molecular flexibility index (Phi) is 5.21. The smallest absolute Gasteiger partial charge is 0.408 e. The molecule has 0 aromatic heterocycles. The van der Waals surface area contributed by atoms with Gasteiger partial charge >= 0.3 is 6.09 Å². The molecule has 28 heavy (non-hydrogen) atoms. The summed E-state index contributed by atoms with van der Waals surface area (Å²) in [5, 5.41) is 13.0. The highest BCUT2D eigenvalue weighted by Gasteiger charge is 2.56. The van der Waals surface area contributed by atoms with E-state index in [1.807, 2.05) is 35.2 Å². The topological polar surface area (TPSA) is 78.9 Å². The third kappa shape index (κ3) is 4.02. The summed E-state index contributed by atoms with van der Waals surface area (Å²) in [6.07, 6.45) is -0.127. The number of carbonyl (C=O) groups is 2. The second-order valence-electron chi connectivity index (χ2n) is 9.84. The lowest BCUT2D eigenvalue weighted by Gasteiger charge is -2.56. The minimum absolute atomic E-state index is 0.0542. The minimum Gasteiger partial charge on any atom is -0.444 e. The first kappa shape index (κ1) is 20.6. The number of amides is 2. The van der Waals surface area contributed by atoms with Gasteiger partial charge in [0.05, 0.1) is 12.1 Å². The zero-order chi connectivity index (χ0) is 20.7. The van der Waals surface area contributed by atoms with E-state index in [-0.39, 0.29) is 23.8 Å². The maximum Gasteiger partial charge on any atom is 0.408 e. The van der Waals surface area contributed by atoms with Gasteiger partial charge in [-0.05, 0) is 39.2 Å². The molecular weight excluding hydrogens is 356 g/mol. The van der Waals surface area contributed by atoms with E-state index in [9.17, 15) is 14.7 Å². The number of hydrogen-bond donors (Lipinski definition) is 2. The number of likely N-dealkylation sites (tertiary alicyclic amines) is 1. The zero-order valence-corrected chi connectivity index (χ0v) is 17.5. The molecule has 2 fully saturated rings. The molecule has 1 aliphatic heterocycles. The number of nitrogens with one attached hydrogen (secondary N) is 1. The van der Waals surface area contributed by atoms with Crippen molar-refractivity contribution in [2.24, 2.45) is 5.41 Å². The molecule has 1 aromatic rings. The summed E-state index contributed by atoms with van der Waals surface area (Å²) in [4.78, 5) is 27.9. The first-order chi connectivity index (χ1) is 12.9.